The first-order valence-corrected chi connectivity index (χ1v) is 12.4. The van der Waals surface area contributed by atoms with Crippen LogP contribution in [-0.4, -0.2) is 71.7 Å². The lowest BCUT2D eigenvalue weighted by molar-refractivity contribution is -0.120. The Kier molecular flexibility index (Phi) is 8.22. The Hall–Kier alpha value is -3.32. The number of halogens is 2. The zero-order chi connectivity index (χ0) is 26.7. The molecule has 2 aliphatic rings. The van der Waals surface area contributed by atoms with Crippen LogP contribution in [0.15, 0.2) is 59.3 Å². The van der Waals surface area contributed by atoms with Crippen molar-refractivity contribution in [2.24, 2.45) is 0 Å². The van der Waals surface area contributed by atoms with E-state index in [1.807, 2.05) is 43.3 Å². The summed E-state index contributed by atoms with van der Waals surface area (Å²) in [7, 11) is 6.99. The Bertz CT molecular complexity index is 1250. The molecule has 0 fully saturated rings. The fourth-order valence-corrected chi connectivity index (χ4v) is 4.66. The standard InChI is InChI=1S/C25H29F2N7O2S/c1-31(2)13-14-34(36)37-17-8-5-7-16(11-12-17)29-25-28-15-20-23(30-25)33(4)22(24(35)32(20)3)21-18(26)9-6-10-19(21)27/h5-6,8-12,15,22,36H,7,13-14H2,1-4H3,(H,28,29,30). The van der Waals surface area contributed by atoms with Crippen molar-refractivity contribution in [2.45, 2.75) is 12.5 Å². The fraction of sp³-hybridized carbons (Fsp3) is 0.320. The highest BCUT2D eigenvalue weighted by atomic mass is 32.2. The molecular formula is C25H29F2N7O2S. The third-order valence-corrected chi connectivity index (χ3v) is 6.84. The van der Waals surface area contributed by atoms with Gasteiger partial charge in [-0.15, -0.1) is 4.47 Å². The highest BCUT2D eigenvalue weighted by molar-refractivity contribution is 8.00. The largest absolute Gasteiger partial charge is 0.342 e. The number of carbonyl (C=O) groups is 1. The third kappa shape index (κ3) is 5.99. The van der Waals surface area contributed by atoms with E-state index in [4.69, 9.17) is 0 Å². The number of carbonyl (C=O) groups excluding carboxylic acids is 1. The topological polar surface area (TPSA) is 88.1 Å². The van der Waals surface area contributed by atoms with Crippen molar-refractivity contribution in [3.8, 4) is 0 Å². The van der Waals surface area contributed by atoms with Crippen LogP contribution >= 0.6 is 11.9 Å². The molecule has 2 aromatic rings. The Labute approximate surface area is 218 Å². The molecule has 37 heavy (non-hydrogen) atoms. The van der Waals surface area contributed by atoms with Crippen LogP contribution in [0.5, 0.6) is 0 Å². The maximum atomic E-state index is 14.6. The summed E-state index contributed by atoms with van der Waals surface area (Å²) in [5, 5.41) is 13.3. The number of hydroxylamine groups is 1. The molecule has 1 atom stereocenters. The van der Waals surface area contributed by atoms with Crippen LogP contribution in [0.2, 0.25) is 0 Å². The number of nitrogens with zero attached hydrogens (tertiary/aromatic N) is 6. The van der Waals surface area contributed by atoms with Crippen molar-refractivity contribution in [3.63, 3.8) is 0 Å². The molecule has 9 nitrogen and oxygen atoms in total. The first-order chi connectivity index (χ1) is 17.7. The number of likely N-dealkylation sites (N-methyl/N-ethyl adjacent to an activating group) is 3. The van der Waals surface area contributed by atoms with E-state index in [-0.39, 0.29) is 11.5 Å². The van der Waals surface area contributed by atoms with Crippen molar-refractivity contribution >= 4 is 35.3 Å². The lowest BCUT2D eigenvalue weighted by Crippen LogP contribution is -2.46. The Morgan fingerprint density at radius 2 is 1.92 bits per heavy atom. The first kappa shape index (κ1) is 26.7. The summed E-state index contributed by atoms with van der Waals surface area (Å²) in [5.74, 6) is -1.44. The molecule has 1 aromatic carbocycles. The Morgan fingerprint density at radius 3 is 2.62 bits per heavy atom. The minimum Gasteiger partial charge on any atom is -0.342 e. The first-order valence-electron chi connectivity index (χ1n) is 11.6. The van der Waals surface area contributed by atoms with E-state index < -0.39 is 23.6 Å². The van der Waals surface area contributed by atoms with E-state index in [9.17, 15) is 18.8 Å². The summed E-state index contributed by atoms with van der Waals surface area (Å²) in [6, 6.07) is 2.31. The second-order valence-electron chi connectivity index (χ2n) is 8.91. The molecule has 12 heteroatoms. The van der Waals surface area contributed by atoms with Gasteiger partial charge in [-0.2, -0.15) is 4.98 Å². The smallest absolute Gasteiger partial charge is 0.254 e. The van der Waals surface area contributed by atoms with Crippen molar-refractivity contribution < 1.29 is 18.8 Å². The minimum atomic E-state index is -1.21. The number of fused-ring (bicyclic) bond motifs is 1. The number of hydrogen-bond donors (Lipinski definition) is 2. The van der Waals surface area contributed by atoms with Crippen LogP contribution in [0.1, 0.15) is 18.0 Å². The van der Waals surface area contributed by atoms with Crippen LogP contribution in [0.25, 0.3) is 0 Å². The van der Waals surface area contributed by atoms with Crippen molar-refractivity contribution in [2.75, 3.05) is 56.4 Å². The van der Waals surface area contributed by atoms with Gasteiger partial charge in [-0.1, -0.05) is 18.2 Å². The maximum absolute atomic E-state index is 14.6. The van der Waals surface area contributed by atoms with Gasteiger partial charge in [0.1, 0.15) is 23.4 Å². The molecular weight excluding hydrogens is 500 g/mol. The molecule has 1 aliphatic carbocycles. The number of nitrogens with one attached hydrogen (secondary N) is 1. The minimum absolute atomic E-state index is 0.278. The summed E-state index contributed by atoms with van der Waals surface area (Å²) in [6.07, 6.45) is 9.71. The van der Waals surface area contributed by atoms with Crippen molar-refractivity contribution in [1.29, 1.82) is 0 Å². The zero-order valence-corrected chi connectivity index (χ0v) is 21.8. The van der Waals surface area contributed by atoms with Crippen LogP contribution in [0, 0.1) is 11.6 Å². The molecule has 0 bridgehead atoms. The van der Waals surface area contributed by atoms with E-state index in [0.29, 0.717) is 24.5 Å². The van der Waals surface area contributed by atoms with Gasteiger partial charge in [-0.05, 0) is 50.3 Å². The van der Waals surface area contributed by atoms with Gasteiger partial charge >= 0.3 is 0 Å². The number of allylic oxidation sites excluding steroid dienone is 4. The Morgan fingerprint density at radius 1 is 1.19 bits per heavy atom. The lowest BCUT2D eigenvalue weighted by atomic mass is 10.0. The van der Waals surface area contributed by atoms with E-state index in [2.05, 4.69) is 15.3 Å². The van der Waals surface area contributed by atoms with Gasteiger partial charge in [0.15, 0.2) is 5.82 Å². The van der Waals surface area contributed by atoms with Gasteiger partial charge in [-0.3, -0.25) is 4.79 Å². The molecule has 0 saturated carbocycles. The number of aromatic nitrogens is 2. The quantitative estimate of drug-likeness (QED) is 0.390. The summed E-state index contributed by atoms with van der Waals surface area (Å²) < 4.78 is 30.3. The summed E-state index contributed by atoms with van der Waals surface area (Å²) in [4.78, 5) is 27.6. The normalized spacial score (nSPS) is 17.6. The predicted octanol–water partition coefficient (Wildman–Crippen LogP) is 3.95. The highest BCUT2D eigenvalue weighted by Gasteiger charge is 2.40. The van der Waals surface area contributed by atoms with Gasteiger partial charge in [0.25, 0.3) is 5.91 Å². The van der Waals surface area contributed by atoms with Crippen LogP contribution in [-0.2, 0) is 4.79 Å². The van der Waals surface area contributed by atoms with E-state index in [0.717, 1.165) is 29.3 Å². The van der Waals surface area contributed by atoms with Crippen LogP contribution in [0.4, 0.5) is 26.2 Å². The van der Waals surface area contributed by atoms with Crippen molar-refractivity contribution in [3.05, 3.63) is 76.5 Å². The van der Waals surface area contributed by atoms with Gasteiger partial charge < -0.3 is 25.2 Å². The molecule has 1 unspecified atom stereocenters. The molecule has 0 radical (unpaired) electrons. The average Bonchev–Trinajstić information content (AvgIpc) is 3.08. The molecule has 2 heterocycles. The fourth-order valence-electron chi connectivity index (χ4n) is 3.96. The second-order valence-corrected chi connectivity index (χ2v) is 9.99. The van der Waals surface area contributed by atoms with E-state index >= 15 is 0 Å². The van der Waals surface area contributed by atoms with Gasteiger partial charge in [0, 0.05) is 44.2 Å². The number of benzene rings is 1. The average molecular weight is 530 g/mol. The monoisotopic (exact) mass is 529 g/mol. The van der Waals surface area contributed by atoms with E-state index in [1.165, 1.54) is 45.5 Å². The van der Waals surface area contributed by atoms with E-state index in [1.54, 1.807) is 7.05 Å². The summed E-state index contributed by atoms with van der Waals surface area (Å²) in [5.41, 5.74) is 0.917. The van der Waals surface area contributed by atoms with Gasteiger partial charge in [-0.25, -0.2) is 13.8 Å². The number of anilines is 3. The second kappa shape index (κ2) is 11.4. The van der Waals surface area contributed by atoms with Gasteiger partial charge in [0.2, 0.25) is 5.95 Å². The number of amides is 1. The van der Waals surface area contributed by atoms with Crippen molar-refractivity contribution in [1.82, 2.24) is 19.3 Å². The molecule has 1 amide bonds. The molecule has 4 rings (SSSR count). The Balaban J connectivity index is 1.55. The maximum Gasteiger partial charge on any atom is 0.254 e. The molecule has 2 N–H and O–H groups in total. The van der Waals surface area contributed by atoms with Crippen LogP contribution < -0.4 is 15.1 Å². The predicted molar refractivity (Wildman–Crippen MR) is 141 cm³/mol. The van der Waals surface area contributed by atoms with Gasteiger partial charge in [0.05, 0.1) is 11.8 Å². The molecule has 1 aliphatic heterocycles. The van der Waals surface area contributed by atoms with Crippen LogP contribution in [0.3, 0.4) is 0 Å². The lowest BCUT2D eigenvalue weighted by Gasteiger charge is -2.38. The summed E-state index contributed by atoms with van der Waals surface area (Å²) >= 11 is 1.23. The molecule has 0 saturated heterocycles. The SMILES string of the molecule is CN(C)CCN(O)SC1=CC=C(Nc2ncc3c(n2)N(C)C(c2c(F)cccc2F)C(=O)N3C)CC=C1. The zero-order valence-electron chi connectivity index (χ0n) is 21.0. The molecule has 196 valence electrons. The summed E-state index contributed by atoms with van der Waals surface area (Å²) in [6.45, 7) is 1.21. The third-order valence-electron chi connectivity index (χ3n) is 5.96. The number of hydrogen-bond acceptors (Lipinski definition) is 9. The molecule has 1 aromatic heterocycles. The highest BCUT2D eigenvalue weighted by Crippen LogP contribution is 2.40. The number of rotatable bonds is 8. The molecule has 0 spiro atoms.